The van der Waals surface area contributed by atoms with Crippen molar-refractivity contribution in [3.63, 3.8) is 0 Å². The van der Waals surface area contributed by atoms with Crippen LogP contribution in [0.15, 0.2) is 29.2 Å². The molecule has 1 aromatic carbocycles. The molecule has 1 aliphatic heterocycles. The first-order chi connectivity index (χ1) is 9.29. The largest absolute Gasteiger partial charge is 0.384 e. The van der Waals surface area contributed by atoms with Crippen LogP contribution in [0.4, 0.5) is 0 Å². The van der Waals surface area contributed by atoms with Gasteiger partial charge in [0.15, 0.2) is 9.84 Å². The maximum atomic E-state index is 11.4. The van der Waals surface area contributed by atoms with Gasteiger partial charge in [-0.2, -0.15) is 0 Å². The number of piperidine rings is 1. The highest BCUT2D eigenvalue weighted by Crippen LogP contribution is 2.24. The number of likely N-dealkylation sites (tertiary alicyclic amines) is 1. The number of rotatable bonds is 4. The number of sulfone groups is 1. The molecule has 2 rings (SSSR count). The molecule has 0 spiro atoms. The van der Waals surface area contributed by atoms with Gasteiger partial charge in [-0.05, 0) is 50.6 Å². The van der Waals surface area contributed by atoms with Crippen molar-refractivity contribution in [1.29, 1.82) is 0 Å². The summed E-state index contributed by atoms with van der Waals surface area (Å²) in [6.07, 6.45) is 4.82. The highest BCUT2D eigenvalue weighted by molar-refractivity contribution is 7.90. The Morgan fingerprint density at radius 2 is 1.70 bits per heavy atom. The zero-order valence-electron chi connectivity index (χ0n) is 12.2. The molecule has 1 heterocycles. The van der Waals surface area contributed by atoms with Crippen molar-refractivity contribution >= 4 is 9.84 Å². The van der Waals surface area contributed by atoms with Crippen molar-refractivity contribution in [2.24, 2.45) is 0 Å². The summed E-state index contributed by atoms with van der Waals surface area (Å²) in [5.74, 6) is 0. The topological polar surface area (TPSA) is 57.6 Å². The highest BCUT2D eigenvalue weighted by atomic mass is 32.2. The zero-order chi connectivity index (χ0) is 14.8. The molecular formula is C15H23NO3S. The van der Waals surface area contributed by atoms with E-state index in [0.717, 1.165) is 18.7 Å². The van der Waals surface area contributed by atoms with Gasteiger partial charge in [0.2, 0.25) is 0 Å². The molecule has 0 amide bonds. The fourth-order valence-corrected chi connectivity index (χ4v) is 3.34. The number of β-amino-alcohol motifs (C(OH)–C–C–N with tert-alkyl or cyclic N) is 1. The molecule has 4 nitrogen and oxygen atoms in total. The first-order valence-electron chi connectivity index (χ1n) is 7.04. The first-order valence-corrected chi connectivity index (χ1v) is 8.93. The van der Waals surface area contributed by atoms with Crippen LogP contribution in [0.5, 0.6) is 0 Å². The van der Waals surface area contributed by atoms with E-state index in [4.69, 9.17) is 0 Å². The lowest BCUT2D eigenvalue weighted by Crippen LogP contribution is -2.41. The average molecular weight is 297 g/mol. The third kappa shape index (κ3) is 3.81. The third-order valence-corrected chi connectivity index (χ3v) is 5.01. The molecule has 1 fully saturated rings. The van der Waals surface area contributed by atoms with Crippen LogP contribution in [-0.2, 0) is 15.4 Å². The van der Waals surface area contributed by atoms with E-state index in [-0.39, 0.29) is 4.90 Å². The Morgan fingerprint density at radius 1 is 1.15 bits per heavy atom. The van der Waals surface area contributed by atoms with E-state index in [1.165, 1.54) is 25.5 Å². The fourth-order valence-electron chi connectivity index (χ4n) is 2.71. The minimum atomic E-state index is -3.18. The van der Waals surface area contributed by atoms with Gasteiger partial charge in [-0.25, -0.2) is 8.42 Å². The van der Waals surface area contributed by atoms with Crippen LogP contribution in [0.2, 0.25) is 0 Å². The minimum absolute atomic E-state index is 0.287. The SMILES string of the molecule is CC(O)(CN1CCCCC1)c1ccc(S(C)(=O)=O)cc1. The lowest BCUT2D eigenvalue weighted by atomic mass is 9.94. The average Bonchev–Trinajstić information content (AvgIpc) is 2.38. The van der Waals surface area contributed by atoms with Gasteiger partial charge in [-0.3, -0.25) is 0 Å². The van der Waals surface area contributed by atoms with Crippen molar-refractivity contribution in [2.45, 2.75) is 36.7 Å². The Labute approximate surface area is 121 Å². The summed E-state index contributed by atoms with van der Waals surface area (Å²) in [5, 5.41) is 10.6. The highest BCUT2D eigenvalue weighted by Gasteiger charge is 2.27. The Bertz CT molecular complexity index is 543. The second-order valence-electron chi connectivity index (χ2n) is 5.91. The van der Waals surface area contributed by atoms with Crippen LogP contribution in [0, 0.1) is 0 Å². The van der Waals surface area contributed by atoms with E-state index in [0.29, 0.717) is 6.54 Å². The quantitative estimate of drug-likeness (QED) is 0.920. The predicted octanol–water partition coefficient (Wildman–Crippen LogP) is 1.78. The van der Waals surface area contributed by atoms with Gasteiger partial charge in [0.1, 0.15) is 0 Å². The lowest BCUT2D eigenvalue weighted by molar-refractivity contribution is 0.0105. The van der Waals surface area contributed by atoms with Gasteiger partial charge < -0.3 is 10.0 Å². The van der Waals surface area contributed by atoms with Crippen molar-refractivity contribution in [3.05, 3.63) is 29.8 Å². The van der Waals surface area contributed by atoms with Crippen molar-refractivity contribution in [3.8, 4) is 0 Å². The molecule has 5 heteroatoms. The summed E-state index contributed by atoms with van der Waals surface area (Å²) in [4.78, 5) is 2.56. The van der Waals surface area contributed by atoms with E-state index in [1.54, 1.807) is 31.2 Å². The number of benzene rings is 1. The van der Waals surface area contributed by atoms with E-state index in [1.807, 2.05) is 0 Å². The number of hydrogen-bond acceptors (Lipinski definition) is 4. The van der Waals surface area contributed by atoms with Crippen LogP contribution in [0.3, 0.4) is 0 Å². The predicted molar refractivity (Wildman–Crippen MR) is 79.4 cm³/mol. The van der Waals surface area contributed by atoms with Crippen LogP contribution >= 0.6 is 0 Å². The summed E-state index contributed by atoms with van der Waals surface area (Å²) in [7, 11) is -3.18. The number of aliphatic hydroxyl groups is 1. The van der Waals surface area contributed by atoms with Gasteiger partial charge in [0.05, 0.1) is 10.5 Å². The molecule has 1 aliphatic rings. The maximum absolute atomic E-state index is 11.4. The number of hydrogen-bond donors (Lipinski definition) is 1. The van der Waals surface area contributed by atoms with E-state index >= 15 is 0 Å². The molecular weight excluding hydrogens is 274 g/mol. The van der Waals surface area contributed by atoms with Gasteiger partial charge in [-0.1, -0.05) is 18.6 Å². The lowest BCUT2D eigenvalue weighted by Gasteiger charge is -2.34. The monoisotopic (exact) mass is 297 g/mol. The molecule has 0 aromatic heterocycles. The molecule has 112 valence electrons. The molecule has 1 atom stereocenters. The van der Waals surface area contributed by atoms with Crippen LogP contribution in [-0.4, -0.2) is 44.3 Å². The van der Waals surface area contributed by atoms with Crippen LogP contribution < -0.4 is 0 Å². The summed E-state index contributed by atoms with van der Waals surface area (Å²) in [5.41, 5.74) is -0.191. The van der Waals surface area contributed by atoms with Gasteiger partial charge in [-0.15, -0.1) is 0 Å². The smallest absolute Gasteiger partial charge is 0.175 e. The van der Waals surface area contributed by atoms with Gasteiger partial charge in [0.25, 0.3) is 0 Å². The zero-order valence-corrected chi connectivity index (χ0v) is 13.0. The fraction of sp³-hybridized carbons (Fsp3) is 0.600. The van der Waals surface area contributed by atoms with Crippen molar-refractivity contribution in [1.82, 2.24) is 4.90 Å². The molecule has 1 N–H and O–H groups in total. The Hall–Kier alpha value is -0.910. The Balaban J connectivity index is 2.12. The standard InChI is InChI=1S/C15H23NO3S/c1-15(17,12-16-10-4-3-5-11-16)13-6-8-14(9-7-13)20(2,18)19/h6-9,17H,3-5,10-12H2,1-2H3. The van der Waals surface area contributed by atoms with E-state index < -0.39 is 15.4 Å². The third-order valence-electron chi connectivity index (χ3n) is 3.88. The van der Waals surface area contributed by atoms with Gasteiger partial charge >= 0.3 is 0 Å². The second-order valence-corrected chi connectivity index (χ2v) is 7.92. The van der Waals surface area contributed by atoms with E-state index in [9.17, 15) is 13.5 Å². The second kappa shape index (κ2) is 5.84. The Kier molecular flexibility index (Phi) is 4.52. The summed E-state index contributed by atoms with van der Waals surface area (Å²) < 4.78 is 22.9. The normalized spacial score (nSPS) is 20.6. The maximum Gasteiger partial charge on any atom is 0.175 e. The molecule has 0 aliphatic carbocycles. The molecule has 0 radical (unpaired) electrons. The van der Waals surface area contributed by atoms with Crippen LogP contribution in [0.1, 0.15) is 31.7 Å². The first kappa shape index (κ1) is 15.5. The van der Waals surface area contributed by atoms with E-state index in [2.05, 4.69) is 4.90 Å². The summed E-state index contributed by atoms with van der Waals surface area (Å²) >= 11 is 0. The summed E-state index contributed by atoms with van der Waals surface area (Å²) in [6.45, 7) is 4.43. The van der Waals surface area contributed by atoms with Gasteiger partial charge in [0, 0.05) is 12.8 Å². The van der Waals surface area contributed by atoms with Crippen molar-refractivity contribution in [2.75, 3.05) is 25.9 Å². The van der Waals surface area contributed by atoms with Crippen LogP contribution in [0.25, 0.3) is 0 Å². The molecule has 0 bridgehead atoms. The molecule has 1 unspecified atom stereocenters. The molecule has 0 saturated carbocycles. The molecule has 20 heavy (non-hydrogen) atoms. The minimum Gasteiger partial charge on any atom is -0.384 e. The number of nitrogens with zero attached hydrogens (tertiary/aromatic N) is 1. The van der Waals surface area contributed by atoms with Crippen molar-refractivity contribution < 1.29 is 13.5 Å². The Morgan fingerprint density at radius 3 is 2.20 bits per heavy atom. The molecule has 1 saturated heterocycles. The summed E-state index contributed by atoms with van der Waals surface area (Å²) in [6, 6.07) is 6.55. The molecule has 1 aromatic rings.